The number of amides is 4. The van der Waals surface area contributed by atoms with Crippen molar-refractivity contribution in [3.63, 3.8) is 0 Å². The smallest absolute Gasteiger partial charge is 0.333 e. The Labute approximate surface area is 160 Å². The fourth-order valence-corrected chi connectivity index (χ4v) is 2.57. The average molecular weight is 398 g/mol. The first kappa shape index (κ1) is 21.5. The van der Waals surface area contributed by atoms with Crippen molar-refractivity contribution in [2.24, 2.45) is 0 Å². The summed E-state index contributed by atoms with van der Waals surface area (Å²) in [4.78, 5) is 74.1. The highest BCUT2D eigenvalue weighted by Crippen LogP contribution is 2.13. The number of nitrogens with zero attached hydrogens (tertiary/aromatic N) is 2. The Hall–Kier alpha value is -2.82. The third-order valence-corrected chi connectivity index (χ3v) is 4.05. The summed E-state index contributed by atoms with van der Waals surface area (Å²) in [5.41, 5.74) is 0. The van der Waals surface area contributed by atoms with E-state index >= 15 is 0 Å². The fourth-order valence-electron chi connectivity index (χ4n) is 2.57. The summed E-state index contributed by atoms with van der Waals surface area (Å²) in [6.07, 6.45) is 1.34. The minimum absolute atomic E-state index is 0.0176. The maximum Gasteiger partial charge on any atom is 0.333 e. The monoisotopic (exact) mass is 398 g/mol. The molecule has 2 fully saturated rings. The molecule has 2 heterocycles. The minimum atomic E-state index is -0.680. The molecule has 2 rings (SSSR count). The molecule has 28 heavy (non-hydrogen) atoms. The molecule has 2 aliphatic rings. The van der Waals surface area contributed by atoms with Gasteiger partial charge in [0.05, 0.1) is 6.61 Å². The van der Waals surface area contributed by atoms with E-state index in [1.54, 1.807) is 0 Å². The Balaban J connectivity index is 1.45. The highest BCUT2D eigenvalue weighted by Gasteiger charge is 2.32. The van der Waals surface area contributed by atoms with Crippen molar-refractivity contribution in [3.8, 4) is 0 Å². The maximum absolute atomic E-state index is 11.6. The molecule has 2 saturated heterocycles. The summed E-state index contributed by atoms with van der Waals surface area (Å²) < 4.78 is 10.1. The van der Waals surface area contributed by atoms with Crippen molar-refractivity contribution < 1.29 is 43.1 Å². The number of likely N-dealkylation sites (tertiary alicyclic amines) is 1. The van der Waals surface area contributed by atoms with Gasteiger partial charge in [0.1, 0.15) is 13.2 Å². The van der Waals surface area contributed by atoms with Crippen molar-refractivity contribution in [3.05, 3.63) is 0 Å². The second kappa shape index (κ2) is 10.5. The number of hydrogen-bond acceptors (Lipinski definition) is 9. The number of ether oxygens (including phenoxy) is 2. The molecule has 0 atom stereocenters. The molecule has 0 bridgehead atoms. The van der Waals surface area contributed by atoms with E-state index in [-0.39, 0.29) is 63.7 Å². The minimum Gasteiger partial charge on any atom is -0.462 e. The molecule has 0 radical (unpaired) electrons. The first-order valence-electron chi connectivity index (χ1n) is 9.01. The van der Waals surface area contributed by atoms with E-state index in [0.29, 0.717) is 24.5 Å². The zero-order valence-electron chi connectivity index (χ0n) is 15.3. The van der Waals surface area contributed by atoms with Crippen LogP contribution in [0.2, 0.25) is 0 Å². The van der Waals surface area contributed by atoms with Gasteiger partial charge in [-0.15, -0.1) is 5.06 Å². The van der Waals surface area contributed by atoms with Gasteiger partial charge in [0, 0.05) is 38.7 Å². The molecule has 11 nitrogen and oxygen atoms in total. The summed E-state index contributed by atoms with van der Waals surface area (Å²) >= 11 is 0. The number of hydroxylamine groups is 2. The first-order chi connectivity index (χ1) is 13.4. The molecule has 154 valence electrons. The molecule has 0 aromatic rings. The predicted molar refractivity (Wildman–Crippen MR) is 88.8 cm³/mol. The quantitative estimate of drug-likeness (QED) is 0.255. The highest BCUT2D eigenvalue weighted by molar-refractivity contribution is 6.04. The number of esters is 1. The molecular formula is C17H22N2O9. The van der Waals surface area contributed by atoms with Crippen LogP contribution in [0, 0.1) is 0 Å². The van der Waals surface area contributed by atoms with Crippen LogP contribution >= 0.6 is 0 Å². The lowest BCUT2D eigenvalue weighted by Crippen LogP contribution is -2.35. The van der Waals surface area contributed by atoms with Crippen molar-refractivity contribution in [2.75, 3.05) is 26.4 Å². The van der Waals surface area contributed by atoms with Gasteiger partial charge < -0.3 is 14.3 Å². The van der Waals surface area contributed by atoms with Gasteiger partial charge in [-0.05, 0) is 12.8 Å². The van der Waals surface area contributed by atoms with Gasteiger partial charge in [0.15, 0.2) is 0 Å². The zero-order chi connectivity index (χ0) is 20.5. The summed E-state index contributed by atoms with van der Waals surface area (Å²) in [5, 5.41) is 0.510. The molecule has 0 unspecified atom stereocenters. The number of carbonyl (C=O) groups is 6. The Bertz CT molecular complexity index is 573. The first-order valence-corrected chi connectivity index (χ1v) is 9.01. The topological polar surface area (TPSA) is 137 Å². The van der Waals surface area contributed by atoms with Gasteiger partial charge in [0.2, 0.25) is 11.8 Å². The molecule has 0 aliphatic carbocycles. The lowest BCUT2D eigenvalue weighted by Gasteiger charge is -2.13. The van der Waals surface area contributed by atoms with E-state index in [1.165, 1.54) is 0 Å². The molecule has 0 saturated carbocycles. The van der Waals surface area contributed by atoms with Gasteiger partial charge in [0.25, 0.3) is 11.8 Å². The maximum atomic E-state index is 11.6. The SMILES string of the molecule is O=C(CN1C(=O)CCC1=O)OCCOCCCCC(=O)ON1C(=O)CCC1=O. The van der Waals surface area contributed by atoms with Crippen molar-refractivity contribution in [2.45, 2.75) is 44.9 Å². The third kappa shape index (κ3) is 6.41. The molecule has 0 aromatic carbocycles. The summed E-state index contributed by atoms with van der Waals surface area (Å²) in [6.45, 7) is 0.0441. The van der Waals surface area contributed by atoms with Crippen LogP contribution in [0.3, 0.4) is 0 Å². The standard InChI is InChI=1S/C17H22N2O9/c20-12-4-5-13(21)18(12)11-17(25)27-10-9-26-8-2-1-3-16(24)28-19-14(22)6-7-15(19)23/h1-11H2. The fraction of sp³-hybridized carbons (Fsp3) is 0.647. The van der Waals surface area contributed by atoms with Crippen molar-refractivity contribution in [1.82, 2.24) is 9.96 Å². The number of carbonyl (C=O) groups excluding carboxylic acids is 6. The lowest BCUT2D eigenvalue weighted by molar-refractivity contribution is -0.197. The largest absolute Gasteiger partial charge is 0.462 e. The third-order valence-electron chi connectivity index (χ3n) is 4.05. The second-order valence-corrected chi connectivity index (χ2v) is 6.21. The molecular weight excluding hydrogens is 376 g/mol. The van der Waals surface area contributed by atoms with E-state index in [2.05, 4.69) is 0 Å². The van der Waals surface area contributed by atoms with Crippen LogP contribution in [-0.4, -0.2) is 71.9 Å². The molecule has 4 amide bonds. The van der Waals surface area contributed by atoms with E-state index in [1.807, 2.05) is 0 Å². The van der Waals surface area contributed by atoms with Crippen LogP contribution in [0.4, 0.5) is 0 Å². The van der Waals surface area contributed by atoms with Gasteiger partial charge in [-0.25, -0.2) is 4.79 Å². The summed E-state index contributed by atoms with van der Waals surface area (Å²) in [5.74, 6) is -3.14. The number of unbranched alkanes of at least 4 members (excludes halogenated alkanes) is 1. The van der Waals surface area contributed by atoms with Gasteiger partial charge in [-0.1, -0.05) is 0 Å². The molecule has 0 aromatic heterocycles. The van der Waals surface area contributed by atoms with Crippen molar-refractivity contribution in [1.29, 1.82) is 0 Å². The van der Waals surface area contributed by atoms with E-state index in [0.717, 1.165) is 4.90 Å². The van der Waals surface area contributed by atoms with Crippen LogP contribution < -0.4 is 0 Å². The van der Waals surface area contributed by atoms with Gasteiger partial charge in [-0.3, -0.25) is 28.9 Å². The van der Waals surface area contributed by atoms with Crippen LogP contribution in [-0.2, 0) is 43.1 Å². The Kier molecular flexibility index (Phi) is 8.05. The lowest BCUT2D eigenvalue weighted by atomic mass is 10.2. The number of rotatable bonds is 11. The number of hydrogen-bond donors (Lipinski definition) is 0. The Morgan fingerprint density at radius 2 is 1.36 bits per heavy atom. The van der Waals surface area contributed by atoms with Crippen LogP contribution in [0.5, 0.6) is 0 Å². The highest BCUT2D eigenvalue weighted by atomic mass is 16.7. The summed E-state index contributed by atoms with van der Waals surface area (Å²) in [7, 11) is 0. The molecule has 11 heteroatoms. The van der Waals surface area contributed by atoms with Crippen LogP contribution in [0.15, 0.2) is 0 Å². The molecule has 0 N–H and O–H groups in total. The zero-order valence-corrected chi connectivity index (χ0v) is 15.3. The van der Waals surface area contributed by atoms with Crippen molar-refractivity contribution >= 4 is 35.6 Å². The van der Waals surface area contributed by atoms with E-state index in [4.69, 9.17) is 14.3 Å². The van der Waals surface area contributed by atoms with Gasteiger partial charge >= 0.3 is 11.9 Å². The average Bonchev–Trinajstić information content (AvgIpc) is 3.14. The normalized spacial score (nSPS) is 16.9. The second-order valence-electron chi connectivity index (χ2n) is 6.21. The van der Waals surface area contributed by atoms with Crippen LogP contribution in [0.25, 0.3) is 0 Å². The van der Waals surface area contributed by atoms with Crippen LogP contribution in [0.1, 0.15) is 44.9 Å². The molecule has 2 aliphatic heterocycles. The van der Waals surface area contributed by atoms with E-state index < -0.39 is 23.8 Å². The van der Waals surface area contributed by atoms with E-state index in [9.17, 15) is 28.8 Å². The Morgan fingerprint density at radius 1 is 0.750 bits per heavy atom. The van der Waals surface area contributed by atoms with Gasteiger partial charge in [-0.2, -0.15) is 0 Å². The Morgan fingerprint density at radius 3 is 2.00 bits per heavy atom. The molecule has 0 spiro atoms. The number of imide groups is 2. The summed E-state index contributed by atoms with van der Waals surface area (Å²) in [6, 6.07) is 0. The predicted octanol–water partition coefficient (Wildman–Crippen LogP) is -0.527.